The van der Waals surface area contributed by atoms with E-state index < -0.39 is 5.97 Å². The number of aromatic hydroxyl groups is 1. The number of hydrogen-bond acceptors (Lipinski definition) is 3. The van der Waals surface area contributed by atoms with Crippen molar-refractivity contribution in [2.24, 2.45) is 4.99 Å². The normalized spacial score (nSPS) is 11.6. The fourth-order valence-corrected chi connectivity index (χ4v) is 2.94. The Kier molecular flexibility index (Phi) is 4.62. The van der Waals surface area contributed by atoms with E-state index in [9.17, 15) is 9.90 Å². The molecule has 0 aromatic heterocycles. The molecule has 4 nitrogen and oxygen atoms in total. The summed E-state index contributed by atoms with van der Waals surface area (Å²) in [6.45, 7) is -0.322. The van der Waals surface area contributed by atoms with Gasteiger partial charge in [0.25, 0.3) is 0 Å². The van der Waals surface area contributed by atoms with Gasteiger partial charge in [-0.25, -0.2) is 0 Å². The van der Waals surface area contributed by atoms with Crippen molar-refractivity contribution in [2.75, 3.05) is 6.54 Å². The molecule has 0 radical (unpaired) electrons. The van der Waals surface area contributed by atoms with Crippen LogP contribution in [0.3, 0.4) is 0 Å². The molecule has 0 amide bonds. The minimum absolute atomic E-state index is 0.120. The molecule has 24 heavy (non-hydrogen) atoms. The third-order valence-corrected chi connectivity index (χ3v) is 4.27. The maximum atomic E-state index is 11.0. The van der Waals surface area contributed by atoms with E-state index in [1.165, 1.54) is 0 Å². The molecule has 0 bridgehead atoms. The number of benzene rings is 3. The van der Waals surface area contributed by atoms with E-state index in [4.69, 9.17) is 5.11 Å². The Morgan fingerprint density at radius 3 is 2.54 bits per heavy atom. The van der Waals surface area contributed by atoms with Gasteiger partial charge in [-0.2, -0.15) is 0 Å². The highest BCUT2D eigenvalue weighted by Crippen LogP contribution is 2.28. The minimum Gasteiger partial charge on any atom is -0.507 e. The van der Waals surface area contributed by atoms with Crippen molar-refractivity contribution in [3.8, 4) is 5.75 Å². The predicted molar refractivity (Wildman–Crippen MR) is 97.9 cm³/mol. The highest BCUT2D eigenvalue weighted by atomic mass is 79.9. The summed E-state index contributed by atoms with van der Waals surface area (Å²) in [4.78, 5) is 15.3. The molecule has 0 aliphatic rings. The number of carboxylic acids is 1. The van der Waals surface area contributed by atoms with Crippen LogP contribution in [0.15, 0.2) is 70.1 Å². The summed E-state index contributed by atoms with van der Waals surface area (Å²) < 4.78 is 0.531. The first-order chi connectivity index (χ1) is 11.6. The lowest BCUT2D eigenvalue weighted by Gasteiger charge is -2.11. The molecule has 5 heteroatoms. The van der Waals surface area contributed by atoms with Crippen molar-refractivity contribution >= 4 is 38.4 Å². The summed E-state index contributed by atoms with van der Waals surface area (Å²) in [5, 5.41) is 20.8. The van der Waals surface area contributed by atoms with Gasteiger partial charge in [0.1, 0.15) is 12.3 Å². The highest BCUT2D eigenvalue weighted by molar-refractivity contribution is 9.10. The monoisotopic (exact) mass is 383 g/mol. The number of halogens is 1. The zero-order valence-corrected chi connectivity index (χ0v) is 14.2. The maximum absolute atomic E-state index is 11.0. The summed E-state index contributed by atoms with van der Waals surface area (Å²) in [6.07, 6.45) is 0. The number of aliphatic carboxylic acids is 1. The van der Waals surface area contributed by atoms with Crippen LogP contribution in [0.5, 0.6) is 5.75 Å². The van der Waals surface area contributed by atoms with Crippen LogP contribution >= 0.6 is 15.9 Å². The summed E-state index contributed by atoms with van der Waals surface area (Å²) >= 11 is 3.30. The van der Waals surface area contributed by atoms with E-state index in [2.05, 4.69) is 20.9 Å². The van der Waals surface area contributed by atoms with Crippen molar-refractivity contribution in [3.63, 3.8) is 0 Å². The average Bonchev–Trinajstić information content (AvgIpc) is 2.58. The van der Waals surface area contributed by atoms with E-state index in [1.807, 2.05) is 42.5 Å². The van der Waals surface area contributed by atoms with E-state index >= 15 is 0 Å². The second kappa shape index (κ2) is 6.84. The molecule has 3 aromatic carbocycles. The smallest absolute Gasteiger partial charge is 0.325 e. The fraction of sp³-hybridized carbons (Fsp3) is 0.0526. The van der Waals surface area contributed by atoms with Gasteiger partial charge in [-0.1, -0.05) is 42.5 Å². The molecule has 120 valence electrons. The number of aliphatic imine (C=N–C) groups is 1. The number of carbonyl (C=O) groups is 1. The second-order valence-corrected chi connectivity index (χ2v) is 6.11. The molecular formula is C19H14BrNO3. The molecule has 0 fully saturated rings. The first kappa shape index (κ1) is 16.2. The number of nitrogens with zero attached hydrogens (tertiary/aromatic N) is 1. The standard InChI is InChI=1S/C19H14BrNO3/c20-16-10-13(8-9-17(16)22)19(21-11-18(23)24)15-7-3-5-12-4-1-2-6-14(12)15/h1-10,22H,11H2,(H,23,24). The number of rotatable bonds is 4. The zero-order valence-electron chi connectivity index (χ0n) is 12.6. The Hall–Kier alpha value is -2.66. The van der Waals surface area contributed by atoms with Gasteiger partial charge in [-0.15, -0.1) is 0 Å². The first-order valence-electron chi connectivity index (χ1n) is 7.29. The van der Waals surface area contributed by atoms with Gasteiger partial charge in [-0.05, 0) is 44.9 Å². The number of hydrogen-bond donors (Lipinski definition) is 2. The van der Waals surface area contributed by atoms with E-state index in [1.54, 1.807) is 18.2 Å². The molecular weight excluding hydrogens is 370 g/mol. The van der Waals surface area contributed by atoms with Crippen molar-refractivity contribution in [2.45, 2.75) is 0 Å². The first-order valence-corrected chi connectivity index (χ1v) is 8.09. The van der Waals surface area contributed by atoms with Gasteiger partial charge in [0.2, 0.25) is 0 Å². The minimum atomic E-state index is -0.995. The van der Waals surface area contributed by atoms with Crippen molar-refractivity contribution < 1.29 is 15.0 Å². The third-order valence-electron chi connectivity index (χ3n) is 3.64. The van der Waals surface area contributed by atoms with Crippen LogP contribution in [0.2, 0.25) is 0 Å². The van der Waals surface area contributed by atoms with Gasteiger partial charge in [0.15, 0.2) is 0 Å². The maximum Gasteiger partial charge on any atom is 0.325 e. The molecule has 0 spiro atoms. The quantitative estimate of drug-likeness (QED) is 0.662. The molecule has 0 aliphatic heterocycles. The van der Waals surface area contributed by atoms with Crippen molar-refractivity contribution in [3.05, 3.63) is 76.3 Å². The van der Waals surface area contributed by atoms with Crippen LogP contribution in [0.4, 0.5) is 0 Å². The van der Waals surface area contributed by atoms with E-state index in [0.717, 1.165) is 21.9 Å². The number of phenolic OH excluding ortho intramolecular Hbond substituents is 1. The molecule has 0 heterocycles. The Balaban J connectivity index is 2.22. The molecule has 3 aromatic rings. The number of carboxylic acid groups (broad SMARTS) is 1. The topological polar surface area (TPSA) is 69.9 Å². The SMILES string of the molecule is O=C(O)CN=C(c1ccc(O)c(Br)c1)c1cccc2ccccc12. The van der Waals surface area contributed by atoms with Gasteiger partial charge in [-0.3, -0.25) is 9.79 Å². The Morgan fingerprint density at radius 1 is 1.04 bits per heavy atom. The van der Waals surface area contributed by atoms with Crippen LogP contribution in [-0.4, -0.2) is 28.4 Å². The number of phenols is 1. The van der Waals surface area contributed by atoms with Crippen molar-refractivity contribution in [1.82, 2.24) is 0 Å². The summed E-state index contributed by atoms with van der Waals surface area (Å²) in [5.74, 6) is -0.875. The lowest BCUT2D eigenvalue weighted by atomic mass is 9.96. The predicted octanol–water partition coefficient (Wildman–Crippen LogP) is 4.23. The van der Waals surface area contributed by atoms with Crippen LogP contribution in [0, 0.1) is 0 Å². The molecule has 0 atom stereocenters. The Morgan fingerprint density at radius 2 is 1.79 bits per heavy atom. The van der Waals surface area contributed by atoms with E-state index in [0.29, 0.717) is 10.2 Å². The average molecular weight is 384 g/mol. The van der Waals surface area contributed by atoms with Gasteiger partial charge in [0, 0.05) is 11.1 Å². The van der Waals surface area contributed by atoms with Gasteiger partial charge < -0.3 is 10.2 Å². The molecule has 0 saturated heterocycles. The molecule has 2 N–H and O–H groups in total. The Labute approximate surface area is 147 Å². The van der Waals surface area contributed by atoms with Crippen LogP contribution in [0.25, 0.3) is 10.8 Å². The van der Waals surface area contributed by atoms with Crippen LogP contribution < -0.4 is 0 Å². The van der Waals surface area contributed by atoms with Gasteiger partial charge in [0.05, 0.1) is 10.2 Å². The summed E-state index contributed by atoms with van der Waals surface area (Å²) in [5.41, 5.74) is 2.17. The lowest BCUT2D eigenvalue weighted by Crippen LogP contribution is -2.09. The fourth-order valence-electron chi connectivity index (χ4n) is 2.56. The second-order valence-electron chi connectivity index (χ2n) is 5.25. The number of fused-ring (bicyclic) bond motifs is 1. The molecule has 3 rings (SSSR count). The summed E-state index contributed by atoms with van der Waals surface area (Å²) in [7, 11) is 0. The third kappa shape index (κ3) is 3.31. The molecule has 0 aliphatic carbocycles. The zero-order chi connectivity index (χ0) is 17.1. The van der Waals surface area contributed by atoms with Crippen molar-refractivity contribution in [1.29, 1.82) is 0 Å². The van der Waals surface area contributed by atoms with Crippen LogP contribution in [-0.2, 0) is 4.79 Å². The molecule has 0 unspecified atom stereocenters. The largest absolute Gasteiger partial charge is 0.507 e. The van der Waals surface area contributed by atoms with E-state index in [-0.39, 0.29) is 12.3 Å². The summed E-state index contributed by atoms with van der Waals surface area (Å²) in [6, 6.07) is 18.7. The Bertz CT molecular complexity index is 945. The van der Waals surface area contributed by atoms with Gasteiger partial charge >= 0.3 is 5.97 Å². The lowest BCUT2D eigenvalue weighted by molar-refractivity contribution is -0.135. The molecule has 0 saturated carbocycles. The highest BCUT2D eigenvalue weighted by Gasteiger charge is 2.13. The van der Waals surface area contributed by atoms with Crippen LogP contribution in [0.1, 0.15) is 11.1 Å².